The zero-order chi connectivity index (χ0) is 9.84. The minimum absolute atomic E-state index is 0.421. The van der Waals surface area contributed by atoms with Crippen LogP contribution in [0.25, 0.3) is 0 Å². The van der Waals surface area contributed by atoms with E-state index in [-0.39, 0.29) is 0 Å². The number of hydrogen-bond acceptors (Lipinski definition) is 1. The van der Waals surface area contributed by atoms with E-state index in [1.807, 2.05) is 6.92 Å². The maximum atomic E-state index is 5.91. The van der Waals surface area contributed by atoms with Crippen molar-refractivity contribution in [2.45, 2.75) is 6.92 Å². The second-order valence-electron chi connectivity index (χ2n) is 2.39. The third-order valence-electron chi connectivity index (χ3n) is 1.45. The molecule has 0 spiro atoms. The van der Waals surface area contributed by atoms with Crippen LogP contribution in [0, 0.1) is 0 Å². The molecule has 0 fully saturated rings. The normalized spacial score (nSPS) is 11.8. The van der Waals surface area contributed by atoms with Gasteiger partial charge in [-0.05, 0) is 25.1 Å². The lowest BCUT2D eigenvalue weighted by Gasteiger charge is -2.01. The molecule has 0 bridgehead atoms. The molecule has 0 saturated heterocycles. The third-order valence-corrected chi connectivity index (χ3v) is 2.32. The first-order valence-electron chi connectivity index (χ1n) is 3.80. The van der Waals surface area contributed by atoms with Gasteiger partial charge in [0.2, 0.25) is 0 Å². The van der Waals surface area contributed by atoms with Gasteiger partial charge >= 0.3 is 0 Å². The van der Waals surface area contributed by atoms with Gasteiger partial charge in [0.25, 0.3) is 0 Å². The molecule has 0 aliphatic carbocycles. The Labute approximate surface area is 92.3 Å². The summed E-state index contributed by atoms with van der Waals surface area (Å²) in [5, 5.41) is 1.54. The Morgan fingerprint density at radius 3 is 2.62 bits per heavy atom. The zero-order valence-electron chi connectivity index (χ0n) is 7.02. The van der Waals surface area contributed by atoms with Gasteiger partial charge in [-0.2, -0.15) is 0 Å². The summed E-state index contributed by atoms with van der Waals surface area (Å²) < 4.78 is 0. The first kappa shape index (κ1) is 10.8. The van der Waals surface area contributed by atoms with Crippen molar-refractivity contribution in [1.29, 1.82) is 0 Å². The van der Waals surface area contributed by atoms with Crippen LogP contribution in [0.1, 0.15) is 12.5 Å². The van der Waals surface area contributed by atoms with Gasteiger partial charge in [0.15, 0.2) is 0 Å². The van der Waals surface area contributed by atoms with Crippen LogP contribution < -0.4 is 0 Å². The maximum absolute atomic E-state index is 5.91. The minimum atomic E-state index is 0.421. The Bertz CT molecular complexity index is 334. The van der Waals surface area contributed by atoms with Crippen molar-refractivity contribution >= 4 is 40.0 Å². The van der Waals surface area contributed by atoms with E-state index >= 15 is 0 Å². The monoisotopic (exact) mass is 235 g/mol. The van der Waals surface area contributed by atoms with Crippen LogP contribution >= 0.6 is 34.8 Å². The molecule has 13 heavy (non-hydrogen) atoms. The molecule has 0 radical (unpaired) electrons. The third kappa shape index (κ3) is 2.87. The lowest BCUT2D eigenvalue weighted by molar-refractivity contribution is 1.14. The highest BCUT2D eigenvalue weighted by Gasteiger charge is 2.05. The van der Waals surface area contributed by atoms with Crippen molar-refractivity contribution in [2.24, 2.45) is 4.99 Å². The van der Waals surface area contributed by atoms with Crippen molar-refractivity contribution in [3.05, 3.63) is 33.8 Å². The van der Waals surface area contributed by atoms with Gasteiger partial charge in [-0.1, -0.05) is 34.8 Å². The van der Waals surface area contributed by atoms with Crippen molar-refractivity contribution in [2.75, 3.05) is 6.54 Å². The number of rotatable bonds is 2. The molecule has 0 heterocycles. The molecule has 1 rings (SSSR count). The van der Waals surface area contributed by atoms with E-state index in [0.29, 0.717) is 21.8 Å². The van der Waals surface area contributed by atoms with Crippen LogP contribution in [0.15, 0.2) is 23.2 Å². The highest BCUT2D eigenvalue weighted by atomic mass is 35.5. The Hall–Kier alpha value is -0.240. The molecule has 0 saturated carbocycles. The lowest BCUT2D eigenvalue weighted by Crippen LogP contribution is -1.93. The quantitative estimate of drug-likeness (QED) is 0.688. The average Bonchev–Trinajstić information content (AvgIpc) is 2.04. The van der Waals surface area contributed by atoms with E-state index in [4.69, 9.17) is 34.8 Å². The molecule has 70 valence electrons. The molecule has 0 unspecified atom stereocenters. The number of hydrogen-bond donors (Lipinski definition) is 0. The molecule has 1 aromatic rings. The summed E-state index contributed by atoms with van der Waals surface area (Å²) in [4.78, 5) is 4.04. The fourth-order valence-electron chi connectivity index (χ4n) is 0.881. The Balaban J connectivity index is 3.09. The van der Waals surface area contributed by atoms with E-state index in [1.165, 1.54) is 0 Å². The topological polar surface area (TPSA) is 12.4 Å². The smallest absolute Gasteiger partial charge is 0.132 e. The average molecular weight is 237 g/mol. The van der Waals surface area contributed by atoms with Gasteiger partial charge in [0.05, 0.1) is 5.02 Å². The molecule has 0 atom stereocenters. The number of halogens is 3. The Morgan fingerprint density at radius 2 is 2.08 bits per heavy atom. The molecule has 0 N–H and O–H groups in total. The minimum Gasteiger partial charge on any atom is -0.273 e. The van der Waals surface area contributed by atoms with E-state index in [9.17, 15) is 0 Å². The van der Waals surface area contributed by atoms with Crippen LogP contribution in [-0.4, -0.2) is 11.7 Å². The van der Waals surface area contributed by atoms with Crippen molar-refractivity contribution in [3.8, 4) is 0 Å². The predicted octanol–water partition coefficient (Wildman–Crippen LogP) is 4.00. The Morgan fingerprint density at radius 1 is 1.38 bits per heavy atom. The second-order valence-corrected chi connectivity index (χ2v) is 3.59. The molecule has 0 aromatic heterocycles. The fraction of sp³-hybridized carbons (Fsp3) is 0.222. The number of benzene rings is 1. The van der Waals surface area contributed by atoms with E-state index in [1.54, 1.807) is 18.2 Å². The van der Waals surface area contributed by atoms with Gasteiger partial charge in [-0.15, -0.1) is 0 Å². The fourth-order valence-corrected chi connectivity index (χ4v) is 1.71. The number of nitrogens with zero attached hydrogens (tertiary/aromatic N) is 1. The van der Waals surface area contributed by atoms with Gasteiger partial charge in [-0.3, -0.25) is 4.99 Å². The highest BCUT2D eigenvalue weighted by Crippen LogP contribution is 2.22. The van der Waals surface area contributed by atoms with Crippen molar-refractivity contribution < 1.29 is 0 Å². The van der Waals surface area contributed by atoms with E-state index in [0.717, 1.165) is 5.56 Å². The lowest BCUT2D eigenvalue weighted by atomic mass is 10.2. The van der Waals surface area contributed by atoms with Gasteiger partial charge in [-0.25, -0.2) is 0 Å². The summed E-state index contributed by atoms with van der Waals surface area (Å²) in [5.41, 5.74) is 0.717. The van der Waals surface area contributed by atoms with Gasteiger partial charge in [0, 0.05) is 17.1 Å². The maximum Gasteiger partial charge on any atom is 0.132 e. The second kappa shape index (κ2) is 4.85. The molecule has 1 aromatic carbocycles. The van der Waals surface area contributed by atoms with Crippen LogP contribution in [0.3, 0.4) is 0 Å². The summed E-state index contributed by atoms with van der Waals surface area (Å²) in [6.07, 6.45) is 0. The molecule has 1 nitrogen and oxygen atoms in total. The van der Waals surface area contributed by atoms with Crippen LogP contribution in [0.4, 0.5) is 0 Å². The molecule has 0 amide bonds. The van der Waals surface area contributed by atoms with Crippen LogP contribution in [-0.2, 0) is 0 Å². The van der Waals surface area contributed by atoms with E-state index < -0.39 is 0 Å². The first-order valence-corrected chi connectivity index (χ1v) is 4.94. The highest BCUT2D eigenvalue weighted by molar-refractivity contribution is 6.70. The molecular formula is C9H8Cl3N. The standard InChI is InChI=1S/C9H8Cl3N/c1-2-13-9(12)7-4-3-6(10)5-8(7)11/h3-5H,2H2,1H3. The van der Waals surface area contributed by atoms with Crippen molar-refractivity contribution in [1.82, 2.24) is 0 Å². The van der Waals surface area contributed by atoms with Crippen LogP contribution in [0.2, 0.25) is 10.0 Å². The number of aliphatic imine (C=N–C) groups is 1. The summed E-state index contributed by atoms with van der Waals surface area (Å²) in [6.45, 7) is 2.55. The van der Waals surface area contributed by atoms with Gasteiger partial charge in [0.1, 0.15) is 5.17 Å². The molecular weight excluding hydrogens is 228 g/mol. The molecule has 0 aliphatic heterocycles. The first-order chi connectivity index (χ1) is 6.15. The molecule has 4 heteroatoms. The van der Waals surface area contributed by atoms with Gasteiger partial charge < -0.3 is 0 Å². The zero-order valence-corrected chi connectivity index (χ0v) is 9.29. The van der Waals surface area contributed by atoms with Crippen LogP contribution in [0.5, 0.6) is 0 Å². The van der Waals surface area contributed by atoms with Crippen molar-refractivity contribution in [3.63, 3.8) is 0 Å². The Kier molecular flexibility index (Phi) is 4.04. The summed E-state index contributed by atoms with van der Waals surface area (Å²) in [7, 11) is 0. The molecule has 0 aliphatic rings. The largest absolute Gasteiger partial charge is 0.273 e. The summed E-state index contributed by atoms with van der Waals surface area (Å²) in [5.74, 6) is 0. The SMILES string of the molecule is CCN=C(Cl)c1ccc(Cl)cc1Cl. The predicted molar refractivity (Wildman–Crippen MR) is 59.4 cm³/mol. The summed E-state index contributed by atoms with van der Waals surface area (Å²) in [6, 6.07) is 5.13. The van der Waals surface area contributed by atoms with E-state index in [2.05, 4.69) is 4.99 Å². The summed E-state index contributed by atoms with van der Waals surface area (Å²) >= 11 is 17.5.